The molecule has 0 spiro atoms. The van der Waals surface area contributed by atoms with Gasteiger partial charge in [0, 0.05) is 6.54 Å². The topological polar surface area (TPSA) is 169 Å². The van der Waals surface area contributed by atoms with Crippen LogP contribution in [0.25, 0.3) is 11.2 Å². The van der Waals surface area contributed by atoms with Gasteiger partial charge in [-0.15, -0.1) is 0 Å². The Morgan fingerprint density at radius 1 is 1.33 bits per heavy atom. The smallest absolute Gasteiger partial charge is 0.277 e. The molecule has 3 heterocycles. The van der Waals surface area contributed by atoms with E-state index in [0.717, 1.165) is 25.7 Å². The van der Waals surface area contributed by atoms with E-state index in [-0.39, 0.29) is 18.5 Å². The summed E-state index contributed by atoms with van der Waals surface area (Å²) in [5.74, 6) is -0.566. The van der Waals surface area contributed by atoms with Gasteiger partial charge in [0.2, 0.25) is 0 Å². The molecule has 0 radical (unpaired) electrons. The number of amides is 1. The zero-order valence-corrected chi connectivity index (χ0v) is 16.5. The molecular formula is C18H26N6O6. The number of rotatable bonds is 6. The number of ether oxygens (including phenoxy) is 2. The fourth-order valence-electron chi connectivity index (χ4n) is 4.03. The molecule has 0 aromatic carbocycles. The molecule has 1 aliphatic heterocycles. The first kappa shape index (κ1) is 20.9. The highest BCUT2D eigenvalue weighted by molar-refractivity contribution is 5.81. The number of anilines is 1. The Bertz CT molecular complexity index is 902. The van der Waals surface area contributed by atoms with Crippen molar-refractivity contribution in [2.24, 2.45) is 0 Å². The second kappa shape index (κ2) is 8.40. The second-order valence-electron chi connectivity index (χ2n) is 7.57. The average molecular weight is 422 g/mol. The SMILES string of the molecule is CCN(O)C(=O)C(OC1CCCC1)[C@H]1O[C@@H](n2cnc3c(N)ncnc32)[C@H](O)[C@@H]1O. The standard InChI is InChI=1S/C18H26N6O6/c1-2-24(28)17(27)14(29-9-5-3-4-6-9)13-11(25)12(26)18(30-13)23-8-22-10-15(19)20-7-21-16(10)23/h7-9,11-14,18,25-26,28H,2-6H2,1H3,(H2,19,20,21)/t11-,12+,13-,14?,18+/m0/s1. The molecule has 1 saturated carbocycles. The fourth-order valence-corrected chi connectivity index (χ4v) is 4.03. The molecule has 30 heavy (non-hydrogen) atoms. The number of likely N-dealkylation sites (N-methyl/N-ethyl adjacent to an activating group) is 1. The van der Waals surface area contributed by atoms with E-state index < -0.39 is 36.6 Å². The van der Waals surface area contributed by atoms with Crippen LogP contribution in [0.15, 0.2) is 12.7 Å². The van der Waals surface area contributed by atoms with Crippen molar-refractivity contribution < 1.29 is 29.7 Å². The number of nitrogens with two attached hydrogens (primary N) is 1. The third-order valence-electron chi connectivity index (χ3n) is 5.67. The largest absolute Gasteiger partial charge is 0.387 e. The van der Waals surface area contributed by atoms with E-state index >= 15 is 0 Å². The van der Waals surface area contributed by atoms with E-state index in [1.54, 1.807) is 6.92 Å². The van der Waals surface area contributed by atoms with Gasteiger partial charge in [-0.25, -0.2) is 20.0 Å². The lowest BCUT2D eigenvalue weighted by atomic mass is 10.0. The van der Waals surface area contributed by atoms with Crippen molar-refractivity contribution in [2.45, 2.75) is 69.4 Å². The molecule has 5 atom stereocenters. The monoisotopic (exact) mass is 422 g/mol. The van der Waals surface area contributed by atoms with Gasteiger partial charge in [0.15, 0.2) is 23.8 Å². The summed E-state index contributed by atoms with van der Waals surface area (Å²) in [4.78, 5) is 24.9. The molecule has 12 heteroatoms. The maximum Gasteiger partial charge on any atom is 0.277 e. The third-order valence-corrected chi connectivity index (χ3v) is 5.67. The van der Waals surface area contributed by atoms with Crippen molar-refractivity contribution in [2.75, 3.05) is 12.3 Å². The Balaban J connectivity index is 1.63. The molecule has 1 saturated heterocycles. The Kier molecular flexibility index (Phi) is 5.84. The van der Waals surface area contributed by atoms with Crippen molar-refractivity contribution in [1.29, 1.82) is 0 Å². The zero-order valence-electron chi connectivity index (χ0n) is 16.5. The quantitative estimate of drug-likeness (QED) is 0.355. The summed E-state index contributed by atoms with van der Waals surface area (Å²) in [6, 6.07) is 0. The van der Waals surface area contributed by atoms with Gasteiger partial charge in [0.1, 0.15) is 30.2 Å². The zero-order chi connectivity index (χ0) is 21.4. The average Bonchev–Trinajstić information content (AvgIpc) is 3.47. The van der Waals surface area contributed by atoms with Crippen molar-refractivity contribution >= 4 is 22.9 Å². The van der Waals surface area contributed by atoms with Gasteiger partial charge in [0.25, 0.3) is 5.91 Å². The molecule has 0 bridgehead atoms. The summed E-state index contributed by atoms with van der Waals surface area (Å²) in [7, 11) is 0. The van der Waals surface area contributed by atoms with Crippen LogP contribution < -0.4 is 5.73 Å². The summed E-state index contributed by atoms with van der Waals surface area (Å²) in [5.41, 5.74) is 6.45. The summed E-state index contributed by atoms with van der Waals surface area (Å²) >= 11 is 0. The van der Waals surface area contributed by atoms with Gasteiger partial charge in [-0.3, -0.25) is 14.6 Å². The number of imidazole rings is 1. The molecule has 1 unspecified atom stereocenters. The molecule has 2 aromatic rings. The number of nitrogen functional groups attached to an aromatic ring is 1. The molecule has 1 amide bonds. The predicted octanol–water partition coefficient (Wildman–Crippen LogP) is -0.407. The molecule has 5 N–H and O–H groups in total. The van der Waals surface area contributed by atoms with Crippen LogP contribution in [0.2, 0.25) is 0 Å². The van der Waals surface area contributed by atoms with Crippen molar-refractivity contribution in [3.05, 3.63) is 12.7 Å². The first-order valence-corrected chi connectivity index (χ1v) is 10.0. The number of fused-ring (bicyclic) bond motifs is 1. The van der Waals surface area contributed by atoms with Gasteiger partial charge in [-0.2, -0.15) is 0 Å². The number of hydroxylamine groups is 2. The van der Waals surface area contributed by atoms with Gasteiger partial charge < -0.3 is 25.4 Å². The Morgan fingerprint density at radius 3 is 2.77 bits per heavy atom. The molecule has 2 aromatic heterocycles. The van der Waals surface area contributed by atoms with Crippen LogP contribution in [0.1, 0.15) is 38.8 Å². The molecule has 164 valence electrons. The summed E-state index contributed by atoms with van der Waals surface area (Å²) in [6.45, 7) is 1.65. The van der Waals surface area contributed by atoms with E-state index in [1.165, 1.54) is 17.2 Å². The van der Waals surface area contributed by atoms with Gasteiger partial charge in [0.05, 0.1) is 12.4 Å². The first-order chi connectivity index (χ1) is 14.4. The number of nitrogens with zero attached hydrogens (tertiary/aromatic N) is 5. The second-order valence-corrected chi connectivity index (χ2v) is 7.57. The Morgan fingerprint density at radius 2 is 2.07 bits per heavy atom. The van der Waals surface area contributed by atoms with E-state index in [9.17, 15) is 20.2 Å². The lowest BCUT2D eigenvalue weighted by molar-refractivity contribution is -0.195. The Labute approximate surface area is 172 Å². The highest BCUT2D eigenvalue weighted by atomic mass is 16.6. The first-order valence-electron chi connectivity index (χ1n) is 10.0. The minimum Gasteiger partial charge on any atom is -0.387 e. The molecule has 2 fully saturated rings. The molecule has 4 rings (SSSR count). The number of carbonyl (C=O) groups is 1. The van der Waals surface area contributed by atoms with Crippen molar-refractivity contribution in [1.82, 2.24) is 24.6 Å². The predicted molar refractivity (Wildman–Crippen MR) is 102 cm³/mol. The van der Waals surface area contributed by atoms with E-state index in [2.05, 4.69) is 15.0 Å². The highest BCUT2D eigenvalue weighted by Crippen LogP contribution is 2.35. The number of carbonyl (C=O) groups excluding carboxylic acids is 1. The van der Waals surface area contributed by atoms with Gasteiger partial charge >= 0.3 is 0 Å². The lowest BCUT2D eigenvalue weighted by Gasteiger charge is -2.29. The molecular weight excluding hydrogens is 396 g/mol. The number of hydrogen-bond acceptors (Lipinski definition) is 10. The van der Waals surface area contributed by atoms with E-state index in [0.29, 0.717) is 16.2 Å². The van der Waals surface area contributed by atoms with Crippen LogP contribution in [-0.2, 0) is 14.3 Å². The maximum absolute atomic E-state index is 12.8. The molecule has 1 aliphatic carbocycles. The summed E-state index contributed by atoms with van der Waals surface area (Å²) < 4.78 is 13.3. The minimum atomic E-state index is -1.44. The number of aliphatic hydroxyl groups excluding tert-OH is 2. The van der Waals surface area contributed by atoms with Crippen LogP contribution in [-0.4, -0.2) is 83.0 Å². The fraction of sp³-hybridized carbons (Fsp3) is 0.667. The lowest BCUT2D eigenvalue weighted by Crippen LogP contribution is -2.50. The van der Waals surface area contributed by atoms with E-state index in [1.807, 2.05) is 0 Å². The van der Waals surface area contributed by atoms with Gasteiger partial charge in [-0.1, -0.05) is 12.8 Å². The van der Waals surface area contributed by atoms with Crippen LogP contribution in [0.5, 0.6) is 0 Å². The maximum atomic E-state index is 12.8. The van der Waals surface area contributed by atoms with Crippen LogP contribution in [0.4, 0.5) is 5.82 Å². The minimum absolute atomic E-state index is 0.0422. The Hall–Kier alpha value is -2.38. The van der Waals surface area contributed by atoms with Crippen LogP contribution in [0.3, 0.4) is 0 Å². The molecule has 2 aliphatic rings. The number of aromatic nitrogens is 4. The molecule has 12 nitrogen and oxygen atoms in total. The highest BCUT2D eigenvalue weighted by Gasteiger charge is 2.51. The number of aliphatic hydroxyl groups is 2. The number of hydrogen-bond donors (Lipinski definition) is 4. The summed E-state index contributed by atoms with van der Waals surface area (Å²) in [6.07, 6.45) is -0.434. The van der Waals surface area contributed by atoms with Crippen molar-refractivity contribution in [3.63, 3.8) is 0 Å². The normalized spacial score (nSPS) is 28.3. The van der Waals surface area contributed by atoms with Gasteiger partial charge in [-0.05, 0) is 19.8 Å². The van der Waals surface area contributed by atoms with Crippen molar-refractivity contribution in [3.8, 4) is 0 Å². The van der Waals surface area contributed by atoms with Crippen LogP contribution >= 0.6 is 0 Å². The van der Waals surface area contributed by atoms with E-state index in [4.69, 9.17) is 15.2 Å². The third kappa shape index (κ3) is 3.61. The van der Waals surface area contributed by atoms with Crippen LogP contribution in [0, 0.1) is 0 Å². The summed E-state index contributed by atoms with van der Waals surface area (Å²) in [5, 5.41) is 31.9.